The number of urea groups is 1. The first kappa shape index (κ1) is 21.9. The first-order chi connectivity index (χ1) is 15.7. The number of hydrogen-bond acceptors (Lipinski definition) is 5. The Morgan fingerprint density at radius 1 is 1.03 bits per heavy atom. The van der Waals surface area contributed by atoms with Gasteiger partial charge >= 0.3 is 12.2 Å². The standard InChI is InChI=1S/C22H16F4N4O3/c1-32-17-9-7-14(18-19(17)33-30-20(18)27)11-2-4-12(5-3-11)28-21(31)29-13-6-8-16(23)15(10-13)22(24,25)26/h2-10H,1H3,(H2,27,30)(H2,28,29,31). The second kappa shape index (κ2) is 8.34. The predicted octanol–water partition coefficient (Wildman–Crippen LogP) is 5.89. The molecular weight excluding hydrogens is 444 g/mol. The highest BCUT2D eigenvalue weighted by molar-refractivity contribution is 6.04. The van der Waals surface area contributed by atoms with Crippen LogP contribution in [0.5, 0.6) is 5.75 Å². The average Bonchev–Trinajstić information content (AvgIpc) is 3.16. The molecule has 1 heterocycles. The number of nitrogens with one attached hydrogen (secondary N) is 2. The summed E-state index contributed by atoms with van der Waals surface area (Å²) in [6.45, 7) is 0. The van der Waals surface area contributed by atoms with E-state index in [1.165, 1.54) is 7.11 Å². The molecule has 2 amide bonds. The number of nitrogens with zero attached hydrogens (tertiary/aromatic N) is 1. The summed E-state index contributed by atoms with van der Waals surface area (Å²) >= 11 is 0. The van der Waals surface area contributed by atoms with Gasteiger partial charge in [0.25, 0.3) is 0 Å². The van der Waals surface area contributed by atoms with Crippen molar-refractivity contribution < 1.29 is 31.6 Å². The molecule has 4 rings (SSSR count). The van der Waals surface area contributed by atoms with Crippen molar-refractivity contribution in [1.82, 2.24) is 5.16 Å². The fraction of sp³-hybridized carbons (Fsp3) is 0.0909. The van der Waals surface area contributed by atoms with Crippen LogP contribution in [0.4, 0.5) is 39.5 Å². The fourth-order valence-corrected chi connectivity index (χ4v) is 3.30. The minimum absolute atomic E-state index is 0.193. The Balaban J connectivity index is 1.52. The topological polar surface area (TPSA) is 102 Å². The van der Waals surface area contributed by atoms with Crippen LogP contribution in [-0.2, 0) is 6.18 Å². The molecule has 3 aromatic carbocycles. The van der Waals surface area contributed by atoms with E-state index < -0.39 is 23.6 Å². The molecule has 1 aromatic heterocycles. The highest BCUT2D eigenvalue weighted by Crippen LogP contribution is 2.38. The molecule has 4 N–H and O–H groups in total. The molecule has 0 radical (unpaired) electrons. The zero-order valence-corrected chi connectivity index (χ0v) is 17.0. The molecule has 0 aliphatic carbocycles. The molecular formula is C22H16F4N4O3. The summed E-state index contributed by atoms with van der Waals surface area (Å²) in [7, 11) is 1.49. The maximum atomic E-state index is 13.4. The lowest BCUT2D eigenvalue weighted by molar-refractivity contribution is -0.139. The van der Waals surface area contributed by atoms with Crippen molar-refractivity contribution in [2.75, 3.05) is 23.5 Å². The summed E-state index contributed by atoms with van der Waals surface area (Å²) in [5, 5.41) is 9.10. The van der Waals surface area contributed by atoms with Gasteiger partial charge in [0.2, 0.25) is 5.58 Å². The SMILES string of the molecule is COc1ccc(-c2ccc(NC(=O)Nc3ccc(F)c(C(F)(F)F)c3)cc2)c2c(N)noc12. The molecule has 170 valence electrons. The summed E-state index contributed by atoms with van der Waals surface area (Å²) in [5.74, 6) is -0.759. The molecule has 4 aromatic rings. The van der Waals surface area contributed by atoms with Gasteiger partial charge < -0.3 is 25.6 Å². The normalized spacial score (nSPS) is 11.4. The number of aromatic nitrogens is 1. The van der Waals surface area contributed by atoms with Gasteiger partial charge in [-0.2, -0.15) is 13.2 Å². The molecule has 33 heavy (non-hydrogen) atoms. The summed E-state index contributed by atoms with van der Waals surface area (Å²) in [4.78, 5) is 12.2. The average molecular weight is 460 g/mol. The molecule has 0 spiro atoms. The van der Waals surface area contributed by atoms with Gasteiger partial charge in [0, 0.05) is 11.4 Å². The number of hydrogen-bond donors (Lipinski definition) is 3. The lowest BCUT2D eigenvalue weighted by Crippen LogP contribution is -2.20. The third-order valence-corrected chi connectivity index (χ3v) is 4.82. The number of amides is 2. The molecule has 0 bridgehead atoms. The van der Waals surface area contributed by atoms with Crippen molar-refractivity contribution >= 4 is 34.2 Å². The van der Waals surface area contributed by atoms with Crippen LogP contribution in [0.3, 0.4) is 0 Å². The minimum Gasteiger partial charge on any atom is -0.493 e. The number of alkyl halides is 3. The molecule has 0 atom stereocenters. The molecule has 0 fully saturated rings. The van der Waals surface area contributed by atoms with E-state index in [0.29, 0.717) is 34.5 Å². The lowest BCUT2D eigenvalue weighted by atomic mass is 10.0. The molecule has 11 heteroatoms. The Kier molecular flexibility index (Phi) is 5.54. The first-order valence-electron chi connectivity index (χ1n) is 9.44. The van der Waals surface area contributed by atoms with Crippen LogP contribution in [0.25, 0.3) is 22.1 Å². The van der Waals surface area contributed by atoms with Crippen molar-refractivity contribution in [2.45, 2.75) is 6.18 Å². The predicted molar refractivity (Wildman–Crippen MR) is 114 cm³/mol. The monoisotopic (exact) mass is 460 g/mol. The maximum Gasteiger partial charge on any atom is 0.419 e. The quantitative estimate of drug-likeness (QED) is 0.330. The lowest BCUT2D eigenvalue weighted by Gasteiger charge is -2.12. The molecule has 7 nitrogen and oxygen atoms in total. The van der Waals surface area contributed by atoms with E-state index in [1.54, 1.807) is 36.4 Å². The van der Waals surface area contributed by atoms with Crippen molar-refractivity contribution in [3.63, 3.8) is 0 Å². The van der Waals surface area contributed by atoms with E-state index in [2.05, 4.69) is 15.8 Å². The van der Waals surface area contributed by atoms with Crippen molar-refractivity contribution in [3.8, 4) is 16.9 Å². The number of methoxy groups -OCH3 is 1. The molecule has 0 saturated carbocycles. The van der Waals surface area contributed by atoms with Gasteiger partial charge in [-0.3, -0.25) is 0 Å². The van der Waals surface area contributed by atoms with E-state index >= 15 is 0 Å². The van der Waals surface area contributed by atoms with Crippen molar-refractivity contribution in [3.05, 3.63) is 66.0 Å². The Morgan fingerprint density at radius 2 is 1.70 bits per heavy atom. The van der Waals surface area contributed by atoms with Gasteiger partial charge in [0.1, 0.15) is 5.82 Å². The number of halogens is 4. The van der Waals surface area contributed by atoms with Gasteiger partial charge in [-0.15, -0.1) is 0 Å². The van der Waals surface area contributed by atoms with Crippen molar-refractivity contribution in [1.29, 1.82) is 0 Å². The van der Waals surface area contributed by atoms with Crippen LogP contribution < -0.4 is 21.1 Å². The molecule has 0 aliphatic heterocycles. The van der Waals surface area contributed by atoms with Gasteiger partial charge in [-0.05, 0) is 53.6 Å². The number of rotatable bonds is 4. The van der Waals surface area contributed by atoms with Gasteiger partial charge in [-0.25, -0.2) is 9.18 Å². The molecule has 0 unspecified atom stereocenters. The van der Waals surface area contributed by atoms with Crippen LogP contribution in [0, 0.1) is 5.82 Å². The second-order valence-electron chi connectivity index (χ2n) is 6.94. The van der Waals surface area contributed by atoms with Crippen LogP contribution in [-0.4, -0.2) is 18.3 Å². The van der Waals surface area contributed by atoms with Crippen LogP contribution >= 0.6 is 0 Å². The Morgan fingerprint density at radius 3 is 2.36 bits per heavy atom. The highest BCUT2D eigenvalue weighted by Gasteiger charge is 2.34. The first-order valence-corrected chi connectivity index (χ1v) is 9.44. The number of nitrogens with two attached hydrogens (primary N) is 1. The Hall–Kier alpha value is -4.28. The van der Waals surface area contributed by atoms with E-state index in [-0.39, 0.29) is 11.5 Å². The van der Waals surface area contributed by atoms with E-state index in [4.69, 9.17) is 15.0 Å². The third-order valence-electron chi connectivity index (χ3n) is 4.82. The minimum atomic E-state index is -4.88. The fourth-order valence-electron chi connectivity index (χ4n) is 3.30. The molecule has 0 saturated heterocycles. The van der Waals surface area contributed by atoms with E-state index in [9.17, 15) is 22.4 Å². The number of ether oxygens (including phenoxy) is 1. The highest BCUT2D eigenvalue weighted by atomic mass is 19.4. The summed E-state index contributed by atoms with van der Waals surface area (Å²) in [5.41, 5.74) is 6.50. The smallest absolute Gasteiger partial charge is 0.419 e. The number of carbonyl (C=O) groups is 1. The van der Waals surface area contributed by atoms with E-state index in [1.807, 2.05) is 0 Å². The summed E-state index contributed by atoms with van der Waals surface area (Å²) in [6.07, 6.45) is -4.88. The third kappa shape index (κ3) is 4.38. The van der Waals surface area contributed by atoms with Crippen LogP contribution in [0.2, 0.25) is 0 Å². The van der Waals surface area contributed by atoms with Crippen molar-refractivity contribution in [2.24, 2.45) is 0 Å². The Bertz CT molecular complexity index is 1330. The number of nitrogen functional groups attached to an aromatic ring is 1. The van der Waals surface area contributed by atoms with Gasteiger partial charge in [0.15, 0.2) is 11.6 Å². The van der Waals surface area contributed by atoms with Crippen LogP contribution in [0.15, 0.2) is 59.1 Å². The number of benzene rings is 3. The van der Waals surface area contributed by atoms with Gasteiger partial charge in [0.05, 0.1) is 18.1 Å². The van der Waals surface area contributed by atoms with Crippen LogP contribution in [0.1, 0.15) is 5.56 Å². The second-order valence-corrected chi connectivity index (χ2v) is 6.94. The largest absolute Gasteiger partial charge is 0.493 e. The van der Waals surface area contributed by atoms with Gasteiger partial charge in [-0.1, -0.05) is 17.3 Å². The Labute approximate surface area is 184 Å². The molecule has 0 aliphatic rings. The zero-order valence-electron chi connectivity index (χ0n) is 17.0. The maximum absolute atomic E-state index is 13.4. The zero-order chi connectivity index (χ0) is 23.8. The number of fused-ring (bicyclic) bond motifs is 1. The van der Waals surface area contributed by atoms with E-state index in [0.717, 1.165) is 17.2 Å². The number of anilines is 3. The summed E-state index contributed by atoms with van der Waals surface area (Å²) in [6, 6.07) is 11.5. The summed E-state index contributed by atoms with van der Waals surface area (Å²) < 4.78 is 62.4. The number of carbonyl (C=O) groups excluding carboxylic acids is 1.